The standard InChI is InChI=1S/C33H43N7O2/c1-31(2)16-27-33(5,20-42-31)24-17-34-30(37-29(24)40(27)28-9-7-8-26(36-28)32(3,4)41)35-22-10-12-23(13-11-22)39-18-21-14-15-38(6)25(21)19-39/h7-13,17,21,25,27,41H,14-16,18-20H2,1-6H3,(H,34,35,37)/t21-,25+,27+,33+/m1/s1. The second kappa shape index (κ2) is 9.62. The van der Waals surface area contributed by atoms with E-state index in [1.807, 2.05) is 24.4 Å². The number of aliphatic hydroxyl groups is 1. The van der Waals surface area contributed by atoms with Gasteiger partial charge in [-0.25, -0.2) is 9.97 Å². The molecule has 0 bridgehead atoms. The zero-order chi connectivity index (χ0) is 29.4. The average Bonchev–Trinajstić information content (AvgIpc) is 3.59. The number of nitrogens with one attached hydrogen (secondary N) is 1. The molecule has 0 amide bonds. The zero-order valence-electron chi connectivity index (χ0n) is 25.6. The van der Waals surface area contributed by atoms with Crippen molar-refractivity contribution in [3.8, 4) is 0 Å². The Balaban J connectivity index is 1.19. The highest BCUT2D eigenvalue weighted by Crippen LogP contribution is 2.53. The van der Waals surface area contributed by atoms with Crippen LogP contribution in [0.5, 0.6) is 0 Å². The smallest absolute Gasteiger partial charge is 0.229 e. The molecule has 0 saturated carbocycles. The van der Waals surface area contributed by atoms with Crippen LogP contribution < -0.4 is 15.1 Å². The first-order chi connectivity index (χ1) is 19.9. The number of rotatable bonds is 5. The van der Waals surface area contributed by atoms with Gasteiger partial charge in [0, 0.05) is 47.7 Å². The predicted molar refractivity (Wildman–Crippen MR) is 166 cm³/mol. The van der Waals surface area contributed by atoms with Crippen molar-refractivity contribution in [1.82, 2.24) is 19.9 Å². The van der Waals surface area contributed by atoms with E-state index in [-0.39, 0.29) is 17.1 Å². The van der Waals surface area contributed by atoms with Gasteiger partial charge in [0.15, 0.2) is 0 Å². The highest BCUT2D eigenvalue weighted by molar-refractivity contribution is 5.71. The van der Waals surface area contributed by atoms with E-state index < -0.39 is 5.60 Å². The molecule has 9 nitrogen and oxygen atoms in total. The van der Waals surface area contributed by atoms with Gasteiger partial charge in [-0.15, -0.1) is 0 Å². The molecular formula is C33H43N7O2. The van der Waals surface area contributed by atoms with Crippen LogP contribution in [-0.2, 0) is 15.8 Å². The second-order valence-electron chi connectivity index (χ2n) is 14.1. The fourth-order valence-electron chi connectivity index (χ4n) is 7.43. The lowest BCUT2D eigenvalue weighted by Crippen LogP contribution is -2.54. The van der Waals surface area contributed by atoms with Crippen molar-refractivity contribution in [2.24, 2.45) is 5.92 Å². The quantitative estimate of drug-likeness (QED) is 0.443. The third-order valence-electron chi connectivity index (χ3n) is 10.0. The van der Waals surface area contributed by atoms with Crippen molar-refractivity contribution in [2.75, 3.05) is 48.4 Å². The largest absolute Gasteiger partial charge is 0.384 e. The van der Waals surface area contributed by atoms with E-state index in [9.17, 15) is 5.11 Å². The van der Waals surface area contributed by atoms with Crippen LogP contribution in [0.3, 0.4) is 0 Å². The third-order valence-corrected chi connectivity index (χ3v) is 10.0. The van der Waals surface area contributed by atoms with E-state index >= 15 is 0 Å². The van der Waals surface area contributed by atoms with Crippen LogP contribution in [0.25, 0.3) is 0 Å². The van der Waals surface area contributed by atoms with Crippen molar-refractivity contribution < 1.29 is 9.84 Å². The highest BCUT2D eigenvalue weighted by atomic mass is 16.5. The van der Waals surface area contributed by atoms with E-state index in [1.165, 1.54) is 18.7 Å². The summed E-state index contributed by atoms with van der Waals surface area (Å²) in [6, 6.07) is 15.2. The molecule has 0 spiro atoms. The topological polar surface area (TPSA) is 89.9 Å². The minimum absolute atomic E-state index is 0.0867. The zero-order valence-corrected chi connectivity index (χ0v) is 25.6. The van der Waals surface area contributed by atoms with Gasteiger partial charge in [0.05, 0.1) is 23.9 Å². The Hall–Kier alpha value is -3.27. The molecule has 4 atom stereocenters. The summed E-state index contributed by atoms with van der Waals surface area (Å²) in [4.78, 5) is 22.1. The number of fused-ring (bicyclic) bond motifs is 4. The van der Waals surface area contributed by atoms with Crippen molar-refractivity contribution in [1.29, 1.82) is 0 Å². The summed E-state index contributed by atoms with van der Waals surface area (Å²) in [7, 11) is 2.25. The number of hydrogen-bond acceptors (Lipinski definition) is 9. The number of likely N-dealkylation sites (N-methyl/N-ethyl adjacent to an activating group) is 1. The Morgan fingerprint density at radius 3 is 2.57 bits per heavy atom. The second-order valence-corrected chi connectivity index (χ2v) is 14.1. The van der Waals surface area contributed by atoms with Gasteiger partial charge < -0.3 is 29.9 Å². The van der Waals surface area contributed by atoms with Crippen molar-refractivity contribution in [3.05, 3.63) is 59.9 Å². The summed E-state index contributed by atoms with van der Waals surface area (Å²) in [5.74, 6) is 2.93. The Kier molecular flexibility index (Phi) is 6.31. The first kappa shape index (κ1) is 27.6. The molecule has 7 rings (SSSR count). The molecule has 42 heavy (non-hydrogen) atoms. The normalized spacial score (nSPS) is 28.5. The highest BCUT2D eigenvalue weighted by Gasteiger charge is 2.55. The molecule has 6 heterocycles. The third kappa shape index (κ3) is 4.62. The van der Waals surface area contributed by atoms with Gasteiger partial charge in [-0.1, -0.05) is 13.0 Å². The van der Waals surface area contributed by atoms with Crippen LogP contribution in [-0.4, -0.2) is 75.9 Å². The molecule has 4 aliphatic heterocycles. The van der Waals surface area contributed by atoms with Gasteiger partial charge in [-0.05, 0) is 96.4 Å². The lowest BCUT2D eigenvalue weighted by atomic mass is 9.73. The van der Waals surface area contributed by atoms with E-state index in [4.69, 9.17) is 19.7 Å². The van der Waals surface area contributed by atoms with Crippen LogP contribution in [0.1, 0.15) is 58.7 Å². The SMILES string of the molecule is CN1CC[C@@H]2CN(c3ccc(Nc4ncc5c(n4)N(c4cccc(C(C)(C)O)n4)[C@H]4CC(C)(C)OC[C@@]54C)cc3)C[C@@H]21. The monoisotopic (exact) mass is 569 g/mol. The van der Waals surface area contributed by atoms with Crippen LogP contribution in [0, 0.1) is 5.92 Å². The lowest BCUT2D eigenvalue weighted by Gasteiger charge is -2.46. The Bertz CT molecular complexity index is 1490. The summed E-state index contributed by atoms with van der Waals surface area (Å²) in [5.41, 5.74) is 2.28. The van der Waals surface area contributed by atoms with Crippen molar-refractivity contribution in [3.63, 3.8) is 0 Å². The number of anilines is 5. The minimum atomic E-state index is -1.05. The van der Waals surface area contributed by atoms with Crippen LogP contribution in [0.4, 0.5) is 29.0 Å². The van der Waals surface area contributed by atoms with E-state index in [0.717, 1.165) is 48.3 Å². The van der Waals surface area contributed by atoms with E-state index in [0.29, 0.717) is 24.3 Å². The summed E-state index contributed by atoms with van der Waals surface area (Å²) in [6.07, 6.45) is 4.06. The van der Waals surface area contributed by atoms with Gasteiger partial charge in [0.25, 0.3) is 0 Å². The Labute approximate surface area is 248 Å². The first-order valence-electron chi connectivity index (χ1n) is 15.2. The molecule has 0 aliphatic carbocycles. The van der Waals surface area contributed by atoms with E-state index in [1.54, 1.807) is 13.8 Å². The Morgan fingerprint density at radius 1 is 1.05 bits per heavy atom. The van der Waals surface area contributed by atoms with Gasteiger partial charge in [-0.2, -0.15) is 4.98 Å². The molecule has 1 aromatic carbocycles. The molecule has 3 fully saturated rings. The number of aromatic nitrogens is 3. The molecule has 2 aromatic heterocycles. The van der Waals surface area contributed by atoms with Gasteiger partial charge in [0.2, 0.25) is 5.95 Å². The summed E-state index contributed by atoms with van der Waals surface area (Å²) < 4.78 is 6.35. The van der Waals surface area contributed by atoms with E-state index in [2.05, 4.69) is 72.1 Å². The first-order valence-corrected chi connectivity index (χ1v) is 15.2. The Morgan fingerprint density at radius 2 is 1.83 bits per heavy atom. The molecule has 0 unspecified atom stereocenters. The number of benzene rings is 1. The summed E-state index contributed by atoms with van der Waals surface area (Å²) in [6.45, 7) is 14.1. The maximum Gasteiger partial charge on any atom is 0.229 e. The number of likely N-dealkylation sites (tertiary alicyclic amines) is 1. The number of hydrogen-bond donors (Lipinski definition) is 2. The van der Waals surface area contributed by atoms with Crippen molar-refractivity contribution in [2.45, 2.75) is 76.2 Å². The summed E-state index contributed by atoms with van der Waals surface area (Å²) >= 11 is 0. The maximum atomic E-state index is 10.7. The predicted octanol–water partition coefficient (Wildman–Crippen LogP) is 4.96. The molecule has 2 N–H and O–H groups in total. The molecule has 3 saturated heterocycles. The number of ether oxygens (including phenoxy) is 1. The van der Waals surface area contributed by atoms with Crippen molar-refractivity contribution >= 4 is 29.0 Å². The molecule has 3 aromatic rings. The maximum absolute atomic E-state index is 10.7. The van der Waals surface area contributed by atoms with Crippen LogP contribution in [0.15, 0.2) is 48.7 Å². The number of nitrogens with zero attached hydrogens (tertiary/aromatic N) is 6. The fourth-order valence-corrected chi connectivity index (χ4v) is 7.43. The molecule has 4 aliphatic rings. The van der Waals surface area contributed by atoms with Gasteiger partial charge >= 0.3 is 0 Å². The lowest BCUT2D eigenvalue weighted by molar-refractivity contribution is -0.0893. The molecular weight excluding hydrogens is 526 g/mol. The molecule has 9 heteroatoms. The van der Waals surface area contributed by atoms with Crippen LogP contribution >= 0.6 is 0 Å². The number of pyridine rings is 1. The molecule has 0 radical (unpaired) electrons. The fraction of sp³-hybridized carbons (Fsp3) is 0.545. The molecule has 222 valence electrons. The summed E-state index contributed by atoms with van der Waals surface area (Å²) in [5, 5.41) is 14.2. The average molecular weight is 570 g/mol. The van der Waals surface area contributed by atoms with Crippen LogP contribution in [0.2, 0.25) is 0 Å². The van der Waals surface area contributed by atoms with Gasteiger partial charge in [0.1, 0.15) is 17.2 Å². The van der Waals surface area contributed by atoms with Gasteiger partial charge in [-0.3, -0.25) is 0 Å². The minimum Gasteiger partial charge on any atom is -0.384 e.